The van der Waals surface area contributed by atoms with Crippen molar-refractivity contribution >= 4 is 27.3 Å². The molecule has 0 fully saturated rings. The van der Waals surface area contributed by atoms with Crippen LogP contribution in [0, 0.1) is 0 Å². The highest BCUT2D eigenvalue weighted by Gasteiger charge is 2.19. The van der Waals surface area contributed by atoms with E-state index < -0.39 is 0 Å². The summed E-state index contributed by atoms with van der Waals surface area (Å²) < 4.78 is 1.17. The van der Waals surface area contributed by atoms with E-state index in [0.717, 1.165) is 13.0 Å². The zero-order valence-electron chi connectivity index (χ0n) is 12.5. The monoisotopic (exact) mass is 363 g/mol. The minimum Gasteiger partial charge on any atom is -0.309 e. The second-order valence-electron chi connectivity index (χ2n) is 5.75. The predicted molar refractivity (Wildman–Crippen MR) is 95.2 cm³/mol. The average Bonchev–Trinajstić information content (AvgIpc) is 2.91. The molecule has 3 heteroatoms. The van der Waals surface area contributed by atoms with Gasteiger partial charge in [-0.05, 0) is 68.0 Å². The number of hydrogen-bond donors (Lipinski definition) is 1. The molecular weight excluding hydrogens is 342 g/mol. The van der Waals surface area contributed by atoms with Gasteiger partial charge in [0.25, 0.3) is 0 Å². The molecule has 2 aromatic rings. The third kappa shape index (κ3) is 3.77. The quantitative estimate of drug-likeness (QED) is 0.761. The molecule has 0 spiro atoms. The lowest BCUT2D eigenvalue weighted by Crippen LogP contribution is -2.22. The fourth-order valence-corrected chi connectivity index (χ4v) is 4.88. The Morgan fingerprint density at radius 1 is 1.24 bits per heavy atom. The number of fused-ring (bicyclic) bond motifs is 1. The van der Waals surface area contributed by atoms with Gasteiger partial charge in [0.15, 0.2) is 0 Å². The number of nitrogens with one attached hydrogen (secondary N) is 1. The van der Waals surface area contributed by atoms with Gasteiger partial charge in [0.05, 0.1) is 0 Å². The maximum Gasteiger partial charge on any atom is 0.0455 e. The van der Waals surface area contributed by atoms with Crippen LogP contribution in [0.2, 0.25) is 0 Å². The largest absolute Gasteiger partial charge is 0.309 e. The Hall–Kier alpha value is -0.640. The molecule has 1 heterocycles. The number of thiophene rings is 1. The first-order valence-corrected chi connectivity index (χ1v) is 9.46. The Morgan fingerprint density at radius 3 is 2.86 bits per heavy atom. The minimum atomic E-state index is 0.444. The minimum absolute atomic E-state index is 0.444. The van der Waals surface area contributed by atoms with E-state index in [9.17, 15) is 0 Å². The molecule has 0 aliphatic heterocycles. The summed E-state index contributed by atoms with van der Waals surface area (Å²) in [5.41, 5.74) is 3.00. The molecule has 1 atom stereocenters. The zero-order chi connectivity index (χ0) is 14.7. The lowest BCUT2D eigenvalue weighted by Gasteiger charge is -2.16. The summed E-state index contributed by atoms with van der Waals surface area (Å²) in [6.45, 7) is 3.21. The lowest BCUT2D eigenvalue weighted by molar-refractivity contribution is 0.557. The van der Waals surface area contributed by atoms with Gasteiger partial charge < -0.3 is 5.32 Å². The van der Waals surface area contributed by atoms with Crippen molar-refractivity contribution in [2.45, 2.75) is 45.1 Å². The molecule has 1 aliphatic carbocycles. The van der Waals surface area contributed by atoms with Gasteiger partial charge in [0.2, 0.25) is 0 Å². The molecule has 112 valence electrons. The van der Waals surface area contributed by atoms with Crippen molar-refractivity contribution in [1.82, 2.24) is 5.32 Å². The first-order valence-electron chi connectivity index (χ1n) is 7.85. The van der Waals surface area contributed by atoms with Gasteiger partial charge in [-0.15, -0.1) is 11.3 Å². The van der Waals surface area contributed by atoms with E-state index in [0.29, 0.717) is 6.04 Å². The van der Waals surface area contributed by atoms with E-state index >= 15 is 0 Å². The molecule has 3 rings (SSSR count). The molecule has 0 amide bonds. The third-order valence-corrected chi connectivity index (χ3v) is 5.98. The van der Waals surface area contributed by atoms with Gasteiger partial charge in [0, 0.05) is 20.3 Å². The Kier molecular flexibility index (Phi) is 5.15. The molecule has 1 aromatic carbocycles. The first kappa shape index (κ1) is 15.3. The van der Waals surface area contributed by atoms with Crippen LogP contribution in [0.4, 0.5) is 0 Å². The van der Waals surface area contributed by atoms with E-state index in [4.69, 9.17) is 0 Å². The van der Waals surface area contributed by atoms with Crippen LogP contribution >= 0.6 is 27.3 Å². The summed E-state index contributed by atoms with van der Waals surface area (Å²) in [7, 11) is 0. The topological polar surface area (TPSA) is 12.0 Å². The summed E-state index contributed by atoms with van der Waals surface area (Å²) in [4.78, 5) is 3.15. The maximum absolute atomic E-state index is 3.67. The van der Waals surface area contributed by atoms with Gasteiger partial charge in [-0.3, -0.25) is 0 Å². The van der Waals surface area contributed by atoms with Crippen LogP contribution in [0.5, 0.6) is 0 Å². The normalized spacial score (nSPS) is 15.7. The van der Waals surface area contributed by atoms with Crippen LogP contribution in [0.15, 0.2) is 34.8 Å². The Labute approximate surface area is 139 Å². The summed E-state index contributed by atoms with van der Waals surface area (Å²) in [5.74, 6) is 0. The third-order valence-electron chi connectivity index (χ3n) is 4.14. The molecular formula is C18H22BrNS. The van der Waals surface area contributed by atoms with Crippen molar-refractivity contribution in [3.05, 3.63) is 55.7 Å². The summed E-state index contributed by atoms with van der Waals surface area (Å²) in [5, 5.41) is 3.67. The molecule has 0 saturated heterocycles. The van der Waals surface area contributed by atoms with Gasteiger partial charge >= 0.3 is 0 Å². The SMILES string of the molecule is CCNC(Cc1cccc(Br)c1)c1cc2c(s1)CCCC2. The lowest BCUT2D eigenvalue weighted by atomic mass is 9.98. The summed E-state index contributed by atoms with van der Waals surface area (Å²) in [6, 6.07) is 11.6. The Bertz CT molecular complexity index is 582. The molecule has 1 aromatic heterocycles. The Morgan fingerprint density at radius 2 is 2.10 bits per heavy atom. The fourth-order valence-electron chi connectivity index (χ4n) is 3.10. The number of aryl methyl sites for hydroxylation is 2. The van der Waals surface area contributed by atoms with E-state index in [1.807, 2.05) is 11.3 Å². The van der Waals surface area contributed by atoms with Crippen molar-refractivity contribution in [3.63, 3.8) is 0 Å². The van der Waals surface area contributed by atoms with E-state index in [1.165, 1.54) is 40.6 Å². The van der Waals surface area contributed by atoms with Crippen LogP contribution in [0.25, 0.3) is 0 Å². The predicted octanol–water partition coefficient (Wildman–Crippen LogP) is 5.28. The van der Waals surface area contributed by atoms with Crippen LogP contribution in [-0.2, 0) is 19.3 Å². The molecule has 1 aliphatic rings. The molecule has 1 nitrogen and oxygen atoms in total. The fraction of sp³-hybridized carbons (Fsp3) is 0.444. The van der Waals surface area contributed by atoms with Crippen molar-refractivity contribution in [1.29, 1.82) is 0 Å². The van der Waals surface area contributed by atoms with Crippen molar-refractivity contribution < 1.29 is 0 Å². The molecule has 1 unspecified atom stereocenters. The van der Waals surface area contributed by atoms with E-state index in [2.05, 4.69) is 58.5 Å². The number of rotatable bonds is 5. The smallest absolute Gasteiger partial charge is 0.0455 e. The van der Waals surface area contributed by atoms with Crippen molar-refractivity contribution in [3.8, 4) is 0 Å². The van der Waals surface area contributed by atoms with E-state index in [1.54, 1.807) is 10.4 Å². The summed E-state index contributed by atoms with van der Waals surface area (Å²) >= 11 is 5.61. The van der Waals surface area contributed by atoms with Crippen molar-refractivity contribution in [2.24, 2.45) is 0 Å². The molecule has 0 radical (unpaired) electrons. The van der Waals surface area contributed by atoms with Crippen LogP contribution in [0.1, 0.15) is 46.7 Å². The Balaban J connectivity index is 1.82. The molecule has 0 saturated carbocycles. The molecule has 1 N–H and O–H groups in total. The van der Waals surface area contributed by atoms with Gasteiger partial charge in [-0.25, -0.2) is 0 Å². The molecule has 0 bridgehead atoms. The number of likely N-dealkylation sites (N-methyl/N-ethyl adjacent to an activating group) is 1. The van der Waals surface area contributed by atoms with Gasteiger partial charge in [-0.2, -0.15) is 0 Å². The number of halogens is 1. The van der Waals surface area contributed by atoms with Crippen LogP contribution in [0.3, 0.4) is 0 Å². The highest BCUT2D eigenvalue weighted by molar-refractivity contribution is 9.10. The van der Waals surface area contributed by atoms with Crippen molar-refractivity contribution in [2.75, 3.05) is 6.54 Å². The number of hydrogen-bond acceptors (Lipinski definition) is 2. The van der Waals surface area contributed by atoms with Crippen LogP contribution in [-0.4, -0.2) is 6.54 Å². The standard InChI is InChI=1S/C18H22BrNS/c1-2-20-16(11-13-6-5-8-15(19)10-13)18-12-14-7-3-4-9-17(14)21-18/h5-6,8,10,12,16,20H,2-4,7,9,11H2,1H3. The first-order chi connectivity index (χ1) is 10.3. The van der Waals surface area contributed by atoms with E-state index in [-0.39, 0.29) is 0 Å². The number of benzene rings is 1. The van der Waals surface area contributed by atoms with Crippen LogP contribution < -0.4 is 5.32 Å². The average molecular weight is 364 g/mol. The highest BCUT2D eigenvalue weighted by Crippen LogP contribution is 2.34. The maximum atomic E-state index is 3.67. The summed E-state index contributed by atoms with van der Waals surface area (Å²) in [6.07, 6.45) is 6.36. The van der Waals surface area contributed by atoms with Gasteiger partial charge in [0.1, 0.15) is 0 Å². The van der Waals surface area contributed by atoms with Gasteiger partial charge in [-0.1, -0.05) is 35.0 Å². The second-order valence-corrected chi connectivity index (χ2v) is 7.83. The second kappa shape index (κ2) is 7.08. The zero-order valence-corrected chi connectivity index (χ0v) is 14.9. The molecule has 21 heavy (non-hydrogen) atoms. The highest BCUT2D eigenvalue weighted by atomic mass is 79.9.